The van der Waals surface area contributed by atoms with Gasteiger partial charge in [0.15, 0.2) is 17.2 Å². The van der Waals surface area contributed by atoms with E-state index in [2.05, 4.69) is 10.3 Å². The van der Waals surface area contributed by atoms with Gasteiger partial charge in [0.05, 0.1) is 6.54 Å². The van der Waals surface area contributed by atoms with Crippen molar-refractivity contribution in [3.63, 3.8) is 0 Å². The van der Waals surface area contributed by atoms with Crippen LogP contribution in [0.25, 0.3) is 0 Å². The minimum atomic E-state index is -0.327. The molecular weight excluding hydrogens is 430 g/mol. The molecule has 180 valence electrons. The van der Waals surface area contributed by atoms with Gasteiger partial charge in [-0.15, -0.1) is 0 Å². The molecule has 2 heterocycles. The Balaban J connectivity index is 1.62. The van der Waals surface area contributed by atoms with E-state index in [0.717, 1.165) is 0 Å². The van der Waals surface area contributed by atoms with Crippen LogP contribution < -0.4 is 14.8 Å². The summed E-state index contributed by atoms with van der Waals surface area (Å²) in [4.78, 5) is 31.4. The fraction of sp³-hybridized carbons (Fsp3) is 0.522. The van der Waals surface area contributed by atoms with Crippen molar-refractivity contribution in [2.75, 3.05) is 46.3 Å². The monoisotopic (exact) mass is 461 g/mol. The molecule has 2 amide bonds. The first-order chi connectivity index (χ1) is 16.1. The Kier molecular flexibility index (Phi) is 9.52. The predicted octanol–water partition coefficient (Wildman–Crippen LogP) is 2.63. The number of nitrogens with zero attached hydrogens (tertiary/aromatic N) is 2. The molecule has 0 saturated heterocycles. The fourth-order valence-electron chi connectivity index (χ4n) is 3.23. The zero-order chi connectivity index (χ0) is 23.5. The standard InChI is InChI=1S/C23H31N3O7/c1-3-29-11-5-9-24-22(27)18-15-31-21(25-18)14-26(10-6-12-30-4-2)23(28)17-7-8-19-20(13-17)33-16-32-19/h7-8,13,15H,3-6,9-12,14,16H2,1-2H3,(H,24,27). The van der Waals surface area contributed by atoms with Crippen LogP contribution in [0.5, 0.6) is 11.5 Å². The second kappa shape index (κ2) is 12.8. The number of ether oxygens (including phenoxy) is 4. The number of hydrogen-bond donors (Lipinski definition) is 1. The average Bonchev–Trinajstić information content (AvgIpc) is 3.49. The summed E-state index contributed by atoms with van der Waals surface area (Å²) in [5.74, 6) is 0.893. The van der Waals surface area contributed by atoms with Crippen LogP contribution >= 0.6 is 0 Å². The van der Waals surface area contributed by atoms with Crippen LogP contribution in [0.3, 0.4) is 0 Å². The van der Waals surface area contributed by atoms with E-state index >= 15 is 0 Å². The number of hydrogen-bond acceptors (Lipinski definition) is 8. The van der Waals surface area contributed by atoms with Gasteiger partial charge in [-0.1, -0.05) is 0 Å². The molecule has 0 saturated carbocycles. The second-order valence-electron chi connectivity index (χ2n) is 7.28. The summed E-state index contributed by atoms with van der Waals surface area (Å²) >= 11 is 0. The molecular formula is C23H31N3O7. The maximum absolute atomic E-state index is 13.2. The zero-order valence-electron chi connectivity index (χ0n) is 19.1. The molecule has 1 aromatic carbocycles. The topological polar surface area (TPSA) is 112 Å². The van der Waals surface area contributed by atoms with Crippen molar-refractivity contribution in [3.8, 4) is 11.5 Å². The number of carbonyl (C=O) groups is 2. The molecule has 1 aromatic heterocycles. The van der Waals surface area contributed by atoms with Crippen LogP contribution in [-0.4, -0.2) is 68.0 Å². The molecule has 0 aliphatic carbocycles. The van der Waals surface area contributed by atoms with Gasteiger partial charge in [0, 0.05) is 45.1 Å². The van der Waals surface area contributed by atoms with Gasteiger partial charge in [-0.05, 0) is 44.9 Å². The highest BCUT2D eigenvalue weighted by atomic mass is 16.7. The number of amides is 2. The molecule has 33 heavy (non-hydrogen) atoms. The Bertz CT molecular complexity index is 915. The second-order valence-corrected chi connectivity index (χ2v) is 7.28. The van der Waals surface area contributed by atoms with Crippen LogP contribution in [0.4, 0.5) is 0 Å². The molecule has 1 N–H and O–H groups in total. The van der Waals surface area contributed by atoms with Crippen molar-refractivity contribution in [1.29, 1.82) is 0 Å². The third-order valence-corrected chi connectivity index (χ3v) is 4.89. The van der Waals surface area contributed by atoms with E-state index in [1.54, 1.807) is 23.1 Å². The lowest BCUT2D eigenvalue weighted by molar-refractivity contribution is 0.0695. The van der Waals surface area contributed by atoms with Crippen LogP contribution in [0.2, 0.25) is 0 Å². The maximum atomic E-state index is 13.2. The summed E-state index contributed by atoms with van der Waals surface area (Å²) in [5, 5.41) is 2.78. The Labute approximate surface area is 193 Å². The summed E-state index contributed by atoms with van der Waals surface area (Å²) in [6.45, 7) is 7.39. The Morgan fingerprint density at radius 2 is 1.85 bits per heavy atom. The Morgan fingerprint density at radius 3 is 2.64 bits per heavy atom. The van der Waals surface area contributed by atoms with Gasteiger partial charge in [0.2, 0.25) is 12.7 Å². The molecule has 0 atom stereocenters. The van der Waals surface area contributed by atoms with Crippen LogP contribution in [-0.2, 0) is 16.0 Å². The van der Waals surface area contributed by atoms with Crippen LogP contribution in [0.1, 0.15) is 53.4 Å². The molecule has 0 bridgehead atoms. The number of benzene rings is 1. The van der Waals surface area contributed by atoms with Gasteiger partial charge >= 0.3 is 0 Å². The Hall–Kier alpha value is -3.11. The summed E-state index contributed by atoms with van der Waals surface area (Å²) in [7, 11) is 0. The summed E-state index contributed by atoms with van der Waals surface area (Å²) in [6.07, 6.45) is 2.66. The van der Waals surface area contributed by atoms with E-state index in [1.807, 2.05) is 13.8 Å². The average molecular weight is 462 g/mol. The first-order valence-corrected chi connectivity index (χ1v) is 11.2. The minimum absolute atomic E-state index is 0.122. The first kappa shape index (κ1) is 24.5. The summed E-state index contributed by atoms with van der Waals surface area (Å²) in [6, 6.07) is 5.08. The van der Waals surface area contributed by atoms with E-state index in [1.165, 1.54) is 6.26 Å². The van der Waals surface area contributed by atoms with E-state index < -0.39 is 0 Å². The summed E-state index contributed by atoms with van der Waals surface area (Å²) < 4.78 is 26.8. The molecule has 1 aliphatic rings. The lowest BCUT2D eigenvalue weighted by Crippen LogP contribution is -2.32. The normalized spacial score (nSPS) is 12.1. The minimum Gasteiger partial charge on any atom is -0.454 e. The lowest BCUT2D eigenvalue weighted by atomic mass is 10.1. The smallest absolute Gasteiger partial charge is 0.273 e. The highest BCUT2D eigenvalue weighted by Crippen LogP contribution is 2.33. The van der Waals surface area contributed by atoms with E-state index in [4.69, 9.17) is 23.4 Å². The first-order valence-electron chi connectivity index (χ1n) is 11.2. The summed E-state index contributed by atoms with van der Waals surface area (Å²) in [5.41, 5.74) is 0.640. The van der Waals surface area contributed by atoms with E-state index in [9.17, 15) is 9.59 Å². The predicted molar refractivity (Wildman–Crippen MR) is 118 cm³/mol. The number of aromatic nitrogens is 1. The molecule has 10 heteroatoms. The van der Waals surface area contributed by atoms with Crippen LogP contribution in [0, 0.1) is 0 Å². The molecule has 10 nitrogen and oxygen atoms in total. The van der Waals surface area contributed by atoms with Gasteiger partial charge < -0.3 is 33.6 Å². The molecule has 0 fully saturated rings. The van der Waals surface area contributed by atoms with Gasteiger partial charge in [-0.25, -0.2) is 4.98 Å². The van der Waals surface area contributed by atoms with Crippen molar-refractivity contribution < 1.29 is 33.0 Å². The van der Waals surface area contributed by atoms with Gasteiger partial charge in [0.25, 0.3) is 11.8 Å². The van der Waals surface area contributed by atoms with Crippen molar-refractivity contribution in [3.05, 3.63) is 41.6 Å². The van der Waals surface area contributed by atoms with E-state index in [-0.39, 0.29) is 36.7 Å². The lowest BCUT2D eigenvalue weighted by Gasteiger charge is -2.21. The van der Waals surface area contributed by atoms with Gasteiger partial charge in [-0.3, -0.25) is 9.59 Å². The highest BCUT2D eigenvalue weighted by molar-refractivity contribution is 5.95. The van der Waals surface area contributed by atoms with Gasteiger partial charge in [-0.2, -0.15) is 0 Å². The third kappa shape index (κ3) is 7.19. The molecule has 0 unspecified atom stereocenters. The highest BCUT2D eigenvalue weighted by Gasteiger charge is 2.22. The van der Waals surface area contributed by atoms with Gasteiger partial charge in [0.1, 0.15) is 6.26 Å². The van der Waals surface area contributed by atoms with Crippen molar-refractivity contribution >= 4 is 11.8 Å². The van der Waals surface area contributed by atoms with Crippen LogP contribution in [0.15, 0.2) is 28.9 Å². The third-order valence-electron chi connectivity index (χ3n) is 4.89. The quantitative estimate of drug-likeness (QED) is 0.427. The van der Waals surface area contributed by atoms with Crippen molar-refractivity contribution in [2.24, 2.45) is 0 Å². The number of fused-ring (bicyclic) bond motifs is 1. The molecule has 1 aliphatic heterocycles. The number of carbonyl (C=O) groups excluding carboxylic acids is 2. The molecule has 0 spiro atoms. The fourth-order valence-corrected chi connectivity index (χ4v) is 3.23. The maximum Gasteiger partial charge on any atom is 0.273 e. The molecule has 2 aromatic rings. The SMILES string of the molecule is CCOCCCNC(=O)c1coc(CN(CCCOCC)C(=O)c2ccc3c(c2)OCO3)n1. The number of oxazole rings is 1. The molecule has 3 rings (SSSR count). The van der Waals surface area contributed by atoms with E-state index in [0.29, 0.717) is 69.4 Å². The Morgan fingerprint density at radius 1 is 1.09 bits per heavy atom. The van der Waals surface area contributed by atoms with Crippen molar-refractivity contribution in [1.82, 2.24) is 15.2 Å². The number of nitrogens with one attached hydrogen (secondary N) is 1. The molecule has 0 radical (unpaired) electrons. The van der Waals surface area contributed by atoms with Crippen molar-refractivity contribution in [2.45, 2.75) is 33.2 Å². The largest absolute Gasteiger partial charge is 0.454 e. The zero-order valence-corrected chi connectivity index (χ0v) is 19.1. The number of rotatable bonds is 14.